The molecule has 0 bridgehead atoms. The fourth-order valence-electron chi connectivity index (χ4n) is 5.14. The number of anilines is 1. The van der Waals surface area contributed by atoms with Gasteiger partial charge in [0.05, 0.1) is 17.0 Å². The van der Waals surface area contributed by atoms with Crippen LogP contribution in [0.5, 0.6) is 5.88 Å². The van der Waals surface area contributed by atoms with Gasteiger partial charge in [-0.25, -0.2) is 4.99 Å². The highest BCUT2D eigenvalue weighted by molar-refractivity contribution is 6.22. The number of nitrogens with zero attached hydrogens (tertiary/aromatic N) is 4. The lowest BCUT2D eigenvalue weighted by Gasteiger charge is -2.34. The Morgan fingerprint density at radius 3 is 2.33 bits per heavy atom. The standard InChI is InChI=1S/C34H39N5O/c1-6-24(2)27-12-17-30-31(22-27)36-34(40)32(30)33(26-10-8-7-9-11-26)35-28-13-15-29(16-14-28)38(5)25(3)23-39-20-18-37(4)19-21-39/h7-17,22,36,40H,2-3,6,18-21,23H2,1,4-5H3. The number of fused-ring (bicyclic) bond motifs is 1. The molecule has 1 aliphatic heterocycles. The van der Waals surface area contributed by atoms with Crippen LogP contribution in [0.4, 0.5) is 11.4 Å². The number of aromatic nitrogens is 1. The smallest absolute Gasteiger partial charge is 0.199 e. The van der Waals surface area contributed by atoms with Gasteiger partial charge < -0.3 is 19.9 Å². The zero-order valence-corrected chi connectivity index (χ0v) is 23.8. The molecule has 6 nitrogen and oxygen atoms in total. The Morgan fingerprint density at radius 1 is 0.950 bits per heavy atom. The maximum absolute atomic E-state index is 11.1. The summed E-state index contributed by atoms with van der Waals surface area (Å²) < 4.78 is 0. The molecule has 0 atom stereocenters. The third kappa shape index (κ3) is 5.88. The second-order valence-electron chi connectivity index (χ2n) is 10.6. The zero-order chi connectivity index (χ0) is 28.2. The van der Waals surface area contributed by atoms with E-state index in [-0.39, 0.29) is 5.88 Å². The molecule has 206 valence electrons. The lowest BCUT2D eigenvalue weighted by Crippen LogP contribution is -2.46. The normalized spacial score (nSPS) is 14.9. The molecule has 4 aromatic rings. The first kappa shape index (κ1) is 27.4. The molecule has 1 aromatic heterocycles. The molecule has 40 heavy (non-hydrogen) atoms. The fourth-order valence-corrected chi connectivity index (χ4v) is 5.14. The molecule has 0 unspecified atom stereocenters. The van der Waals surface area contributed by atoms with E-state index in [1.54, 1.807) is 0 Å². The van der Waals surface area contributed by atoms with Gasteiger partial charge in [0.15, 0.2) is 5.88 Å². The Hall–Kier alpha value is -4.13. The number of benzene rings is 3. The Balaban J connectivity index is 1.44. The number of piperazine rings is 1. The zero-order valence-electron chi connectivity index (χ0n) is 23.8. The van der Waals surface area contributed by atoms with E-state index < -0.39 is 0 Å². The Labute approximate surface area is 237 Å². The summed E-state index contributed by atoms with van der Waals surface area (Å²) in [4.78, 5) is 15.2. The van der Waals surface area contributed by atoms with Crippen molar-refractivity contribution in [2.24, 2.45) is 4.99 Å². The van der Waals surface area contributed by atoms with E-state index in [4.69, 9.17) is 4.99 Å². The number of hydrogen-bond acceptors (Lipinski definition) is 5. The fraction of sp³-hybridized carbons (Fsp3) is 0.265. The molecule has 6 heteroatoms. The van der Waals surface area contributed by atoms with Crippen molar-refractivity contribution in [2.45, 2.75) is 13.3 Å². The average Bonchev–Trinajstić information content (AvgIpc) is 3.31. The number of aliphatic imine (C=N–C) groups is 1. The van der Waals surface area contributed by atoms with Crippen LogP contribution in [0.1, 0.15) is 30.0 Å². The van der Waals surface area contributed by atoms with Gasteiger partial charge in [0.1, 0.15) is 0 Å². The van der Waals surface area contributed by atoms with E-state index in [1.807, 2.05) is 54.6 Å². The van der Waals surface area contributed by atoms with Crippen LogP contribution in [0.2, 0.25) is 0 Å². The molecule has 0 radical (unpaired) electrons. The van der Waals surface area contributed by atoms with Gasteiger partial charge in [-0.3, -0.25) is 4.90 Å². The van der Waals surface area contributed by atoms with Crippen LogP contribution in [0.3, 0.4) is 0 Å². The van der Waals surface area contributed by atoms with Crippen molar-refractivity contribution in [3.05, 3.63) is 108 Å². The third-order valence-electron chi connectivity index (χ3n) is 7.85. The monoisotopic (exact) mass is 533 g/mol. The maximum Gasteiger partial charge on any atom is 0.199 e. The lowest BCUT2D eigenvalue weighted by atomic mass is 9.98. The van der Waals surface area contributed by atoms with Gasteiger partial charge in [-0.05, 0) is 54.9 Å². The number of H-pyrrole nitrogens is 1. The van der Waals surface area contributed by atoms with Gasteiger partial charge in [-0.2, -0.15) is 0 Å². The van der Waals surface area contributed by atoms with Crippen molar-refractivity contribution < 1.29 is 5.11 Å². The number of aromatic hydroxyl groups is 1. The van der Waals surface area contributed by atoms with Crippen LogP contribution in [0.15, 0.2) is 96.6 Å². The van der Waals surface area contributed by atoms with E-state index in [9.17, 15) is 5.11 Å². The van der Waals surface area contributed by atoms with Crippen LogP contribution in [0, 0.1) is 0 Å². The Bertz CT molecular complexity index is 1530. The SMILES string of the molecule is C=C(CC)c1ccc2c(C(=Nc3ccc(N(C)C(=C)CN4CCN(C)CC4)cc3)c3ccccc3)c(O)[nH]c2c1. The minimum Gasteiger partial charge on any atom is -0.494 e. The van der Waals surface area contributed by atoms with Gasteiger partial charge in [0.2, 0.25) is 0 Å². The molecule has 3 aromatic carbocycles. The highest BCUT2D eigenvalue weighted by Gasteiger charge is 2.20. The first-order chi connectivity index (χ1) is 19.3. The van der Waals surface area contributed by atoms with Gasteiger partial charge in [0.25, 0.3) is 0 Å². The average molecular weight is 534 g/mol. The van der Waals surface area contributed by atoms with Crippen molar-refractivity contribution in [1.82, 2.24) is 14.8 Å². The number of allylic oxidation sites excluding steroid dienone is 1. The molecule has 5 rings (SSSR count). The van der Waals surface area contributed by atoms with E-state index in [0.717, 1.165) is 83.8 Å². The van der Waals surface area contributed by atoms with Gasteiger partial charge in [-0.1, -0.05) is 62.5 Å². The molecule has 0 aliphatic carbocycles. The highest BCUT2D eigenvalue weighted by atomic mass is 16.3. The summed E-state index contributed by atoms with van der Waals surface area (Å²) in [6.45, 7) is 15.8. The van der Waals surface area contributed by atoms with Crippen LogP contribution in [-0.4, -0.2) is 72.4 Å². The van der Waals surface area contributed by atoms with Gasteiger partial charge in [0, 0.05) is 67.6 Å². The van der Waals surface area contributed by atoms with Gasteiger partial charge in [-0.15, -0.1) is 0 Å². The molecule has 1 fully saturated rings. The summed E-state index contributed by atoms with van der Waals surface area (Å²) in [5, 5.41) is 12.0. The maximum atomic E-state index is 11.1. The molecular formula is C34H39N5O. The van der Waals surface area contributed by atoms with Crippen LogP contribution in [0.25, 0.3) is 16.5 Å². The summed E-state index contributed by atoms with van der Waals surface area (Å²) in [5.74, 6) is 0.105. The second-order valence-corrected chi connectivity index (χ2v) is 10.6. The van der Waals surface area contributed by atoms with Crippen LogP contribution in [-0.2, 0) is 0 Å². The summed E-state index contributed by atoms with van der Waals surface area (Å²) in [5.41, 5.74) is 8.27. The molecule has 2 N–H and O–H groups in total. The molecule has 0 saturated carbocycles. The minimum absolute atomic E-state index is 0.105. The molecule has 1 aliphatic rings. The highest BCUT2D eigenvalue weighted by Crippen LogP contribution is 2.33. The lowest BCUT2D eigenvalue weighted by molar-refractivity contribution is 0.163. The molecule has 1 saturated heterocycles. The number of nitrogens with one attached hydrogen (secondary N) is 1. The van der Waals surface area contributed by atoms with Crippen molar-refractivity contribution >= 4 is 33.6 Å². The minimum atomic E-state index is 0.105. The van der Waals surface area contributed by atoms with Gasteiger partial charge >= 0.3 is 0 Å². The second kappa shape index (κ2) is 11.9. The van der Waals surface area contributed by atoms with E-state index in [2.05, 4.69) is 72.1 Å². The summed E-state index contributed by atoms with van der Waals surface area (Å²) >= 11 is 0. The molecular weight excluding hydrogens is 494 g/mol. The molecule has 2 heterocycles. The summed E-state index contributed by atoms with van der Waals surface area (Å²) in [6, 6.07) is 24.4. The number of likely N-dealkylation sites (N-methyl/N-ethyl adjacent to an activating group) is 2. The first-order valence-corrected chi connectivity index (χ1v) is 13.9. The van der Waals surface area contributed by atoms with Crippen molar-refractivity contribution in [1.29, 1.82) is 0 Å². The Morgan fingerprint density at radius 2 is 1.65 bits per heavy atom. The van der Waals surface area contributed by atoms with E-state index >= 15 is 0 Å². The summed E-state index contributed by atoms with van der Waals surface area (Å²) in [6.07, 6.45) is 0.871. The first-order valence-electron chi connectivity index (χ1n) is 13.9. The number of aromatic amines is 1. The predicted molar refractivity (Wildman–Crippen MR) is 169 cm³/mol. The van der Waals surface area contributed by atoms with Crippen LogP contribution >= 0.6 is 0 Å². The summed E-state index contributed by atoms with van der Waals surface area (Å²) in [7, 11) is 4.24. The number of rotatable bonds is 9. The predicted octanol–water partition coefficient (Wildman–Crippen LogP) is 6.66. The van der Waals surface area contributed by atoms with Crippen molar-refractivity contribution in [3.63, 3.8) is 0 Å². The van der Waals surface area contributed by atoms with E-state index in [0.29, 0.717) is 11.3 Å². The van der Waals surface area contributed by atoms with E-state index in [1.165, 1.54) is 0 Å². The largest absolute Gasteiger partial charge is 0.494 e. The van der Waals surface area contributed by atoms with Crippen LogP contribution < -0.4 is 4.90 Å². The molecule has 0 amide bonds. The number of hydrogen-bond donors (Lipinski definition) is 2. The van der Waals surface area contributed by atoms with Crippen molar-refractivity contribution in [3.8, 4) is 5.88 Å². The third-order valence-corrected chi connectivity index (χ3v) is 7.85. The molecule has 0 spiro atoms. The quantitative estimate of drug-likeness (QED) is 0.236. The Kier molecular flexibility index (Phi) is 8.19. The van der Waals surface area contributed by atoms with Crippen molar-refractivity contribution in [2.75, 3.05) is 51.7 Å². The topological polar surface area (TPSA) is 58.1 Å².